The molecular weight excluding hydrogens is 246 g/mol. The van der Waals surface area contributed by atoms with Crippen LogP contribution in [0.4, 0.5) is 5.69 Å². The summed E-state index contributed by atoms with van der Waals surface area (Å²) in [5.74, 6) is -1.14. The molecule has 0 aromatic heterocycles. The van der Waals surface area contributed by atoms with E-state index >= 15 is 0 Å². The Morgan fingerprint density at radius 1 is 1.53 bits per heavy atom. The van der Waals surface area contributed by atoms with Gasteiger partial charge in [0, 0.05) is 18.7 Å². The van der Waals surface area contributed by atoms with Crippen molar-refractivity contribution in [3.63, 3.8) is 0 Å². The van der Waals surface area contributed by atoms with Gasteiger partial charge in [0.25, 0.3) is 5.69 Å². The van der Waals surface area contributed by atoms with E-state index in [1.807, 2.05) is 6.07 Å². The van der Waals surface area contributed by atoms with E-state index in [0.29, 0.717) is 5.56 Å². The van der Waals surface area contributed by atoms with Gasteiger partial charge in [-0.05, 0) is 11.5 Å². The average Bonchev–Trinajstić information content (AvgIpc) is 2.37. The van der Waals surface area contributed by atoms with E-state index < -0.39 is 10.8 Å². The van der Waals surface area contributed by atoms with Gasteiger partial charge >= 0.3 is 0 Å². The van der Waals surface area contributed by atoms with E-state index in [2.05, 4.69) is 5.32 Å². The first-order chi connectivity index (χ1) is 8.95. The molecule has 1 aromatic rings. The zero-order valence-electron chi connectivity index (χ0n) is 10.8. The highest BCUT2D eigenvalue weighted by molar-refractivity contribution is 5.81. The van der Waals surface area contributed by atoms with Gasteiger partial charge in [-0.2, -0.15) is 5.26 Å². The van der Waals surface area contributed by atoms with Crippen LogP contribution in [0.5, 0.6) is 0 Å². The van der Waals surface area contributed by atoms with Gasteiger partial charge in [0.1, 0.15) is 5.92 Å². The fourth-order valence-corrected chi connectivity index (χ4v) is 1.59. The molecule has 0 spiro atoms. The number of hydrogen-bond acceptors (Lipinski definition) is 4. The maximum atomic E-state index is 11.7. The molecule has 0 aliphatic rings. The molecule has 100 valence electrons. The number of nitriles is 1. The second-order valence-electron chi connectivity index (χ2n) is 4.50. The zero-order chi connectivity index (χ0) is 14.4. The van der Waals surface area contributed by atoms with Crippen LogP contribution in [0, 0.1) is 33.3 Å². The Morgan fingerprint density at radius 3 is 2.74 bits per heavy atom. The van der Waals surface area contributed by atoms with Crippen LogP contribution < -0.4 is 5.32 Å². The van der Waals surface area contributed by atoms with Gasteiger partial charge in [0.05, 0.1) is 11.0 Å². The van der Waals surface area contributed by atoms with E-state index in [1.165, 1.54) is 12.1 Å². The Balaban J connectivity index is 2.67. The Kier molecular flexibility index (Phi) is 5.01. The zero-order valence-corrected chi connectivity index (χ0v) is 10.8. The van der Waals surface area contributed by atoms with Crippen molar-refractivity contribution >= 4 is 11.6 Å². The summed E-state index contributed by atoms with van der Waals surface area (Å²) >= 11 is 0. The number of nitrogens with one attached hydrogen (secondary N) is 1. The summed E-state index contributed by atoms with van der Waals surface area (Å²) in [6.45, 7) is 3.76. The first kappa shape index (κ1) is 14.6. The van der Waals surface area contributed by atoms with Gasteiger partial charge in [-0.1, -0.05) is 26.0 Å². The lowest BCUT2D eigenvalue weighted by atomic mass is 9.96. The quantitative estimate of drug-likeness (QED) is 0.647. The van der Waals surface area contributed by atoms with E-state index in [1.54, 1.807) is 26.0 Å². The minimum absolute atomic E-state index is 0.0209. The molecule has 1 amide bonds. The predicted molar refractivity (Wildman–Crippen MR) is 68.9 cm³/mol. The van der Waals surface area contributed by atoms with Gasteiger partial charge in [-0.3, -0.25) is 14.9 Å². The largest absolute Gasteiger partial charge is 0.351 e. The third-order valence-electron chi connectivity index (χ3n) is 2.68. The Hall–Kier alpha value is -2.42. The molecule has 0 aliphatic carbocycles. The van der Waals surface area contributed by atoms with Gasteiger partial charge in [0.2, 0.25) is 5.91 Å². The molecule has 0 saturated heterocycles. The molecule has 0 saturated carbocycles. The van der Waals surface area contributed by atoms with Crippen LogP contribution >= 0.6 is 0 Å². The second kappa shape index (κ2) is 6.50. The van der Waals surface area contributed by atoms with Crippen LogP contribution in [-0.2, 0) is 11.3 Å². The van der Waals surface area contributed by atoms with Crippen molar-refractivity contribution in [2.45, 2.75) is 20.4 Å². The number of carbonyl (C=O) groups excluding carboxylic acids is 1. The lowest BCUT2D eigenvalue weighted by Gasteiger charge is -2.12. The number of nitrogens with zero attached hydrogens (tertiary/aromatic N) is 2. The molecule has 6 heteroatoms. The van der Waals surface area contributed by atoms with Crippen molar-refractivity contribution in [2.75, 3.05) is 0 Å². The van der Waals surface area contributed by atoms with Crippen LogP contribution in [0.1, 0.15) is 19.4 Å². The molecule has 1 rings (SSSR count). The van der Waals surface area contributed by atoms with Crippen LogP contribution in [0.3, 0.4) is 0 Å². The van der Waals surface area contributed by atoms with Crippen LogP contribution in [0.2, 0.25) is 0 Å². The van der Waals surface area contributed by atoms with Crippen LogP contribution in [-0.4, -0.2) is 10.8 Å². The third-order valence-corrected chi connectivity index (χ3v) is 2.68. The number of benzene rings is 1. The summed E-state index contributed by atoms with van der Waals surface area (Å²) in [6, 6.07) is 7.98. The van der Waals surface area contributed by atoms with E-state index in [-0.39, 0.29) is 24.1 Å². The smallest absolute Gasteiger partial charge is 0.269 e. The van der Waals surface area contributed by atoms with Crippen LogP contribution in [0.25, 0.3) is 0 Å². The number of hydrogen-bond donors (Lipinski definition) is 1. The molecule has 1 atom stereocenters. The standard InChI is InChI=1S/C13H15N3O3/c1-9(2)12(7-14)13(17)15-8-10-4-3-5-11(6-10)16(18)19/h3-6,9,12H,8H2,1-2H3,(H,15,17). The van der Waals surface area contributed by atoms with Crippen molar-refractivity contribution in [1.29, 1.82) is 5.26 Å². The summed E-state index contributed by atoms with van der Waals surface area (Å²) in [6.07, 6.45) is 0. The Morgan fingerprint density at radius 2 is 2.21 bits per heavy atom. The molecular formula is C13H15N3O3. The molecule has 0 fully saturated rings. The normalized spacial score (nSPS) is 11.7. The van der Waals surface area contributed by atoms with Crippen LogP contribution in [0.15, 0.2) is 24.3 Å². The molecule has 1 aromatic carbocycles. The minimum atomic E-state index is -0.710. The Bertz CT molecular complexity index is 520. The SMILES string of the molecule is CC(C)C(C#N)C(=O)NCc1cccc([N+](=O)[O-])c1. The van der Waals surface area contributed by atoms with Crippen molar-refractivity contribution in [3.8, 4) is 6.07 Å². The lowest BCUT2D eigenvalue weighted by Crippen LogP contribution is -2.32. The summed E-state index contributed by atoms with van der Waals surface area (Å²) in [5, 5.41) is 22.1. The predicted octanol–water partition coefficient (Wildman–Crippen LogP) is 2.01. The van der Waals surface area contributed by atoms with Crippen molar-refractivity contribution in [2.24, 2.45) is 11.8 Å². The van der Waals surface area contributed by atoms with Crippen molar-refractivity contribution < 1.29 is 9.72 Å². The number of nitro benzene ring substituents is 1. The third kappa shape index (κ3) is 4.07. The molecule has 0 heterocycles. The van der Waals surface area contributed by atoms with Gasteiger partial charge < -0.3 is 5.32 Å². The van der Waals surface area contributed by atoms with Gasteiger partial charge in [0.15, 0.2) is 0 Å². The first-order valence-corrected chi connectivity index (χ1v) is 5.86. The van der Waals surface area contributed by atoms with Gasteiger partial charge in [-0.25, -0.2) is 0 Å². The van der Waals surface area contributed by atoms with Crippen molar-refractivity contribution in [1.82, 2.24) is 5.32 Å². The first-order valence-electron chi connectivity index (χ1n) is 5.86. The number of nitro groups is 1. The number of rotatable bonds is 5. The average molecular weight is 261 g/mol. The monoisotopic (exact) mass is 261 g/mol. The van der Waals surface area contributed by atoms with Crippen molar-refractivity contribution in [3.05, 3.63) is 39.9 Å². The summed E-state index contributed by atoms with van der Waals surface area (Å²) in [5.41, 5.74) is 0.607. The van der Waals surface area contributed by atoms with E-state index in [9.17, 15) is 14.9 Å². The highest BCUT2D eigenvalue weighted by atomic mass is 16.6. The number of amides is 1. The van der Waals surface area contributed by atoms with Gasteiger partial charge in [-0.15, -0.1) is 0 Å². The Labute approximate surface area is 111 Å². The highest BCUT2D eigenvalue weighted by Crippen LogP contribution is 2.14. The topological polar surface area (TPSA) is 96.0 Å². The summed E-state index contributed by atoms with van der Waals surface area (Å²) in [7, 11) is 0. The number of non-ortho nitro benzene ring substituents is 1. The molecule has 0 aliphatic heterocycles. The second-order valence-corrected chi connectivity index (χ2v) is 4.50. The fraction of sp³-hybridized carbons (Fsp3) is 0.385. The number of carbonyl (C=O) groups is 1. The minimum Gasteiger partial charge on any atom is -0.351 e. The molecule has 0 radical (unpaired) electrons. The molecule has 6 nitrogen and oxygen atoms in total. The maximum Gasteiger partial charge on any atom is 0.269 e. The fourth-order valence-electron chi connectivity index (χ4n) is 1.59. The highest BCUT2D eigenvalue weighted by Gasteiger charge is 2.21. The molecule has 0 bridgehead atoms. The summed E-state index contributed by atoms with van der Waals surface area (Å²) in [4.78, 5) is 21.9. The molecule has 1 N–H and O–H groups in total. The molecule has 1 unspecified atom stereocenters. The van der Waals surface area contributed by atoms with E-state index in [0.717, 1.165) is 0 Å². The summed E-state index contributed by atoms with van der Waals surface area (Å²) < 4.78 is 0. The van der Waals surface area contributed by atoms with E-state index in [4.69, 9.17) is 5.26 Å². The maximum absolute atomic E-state index is 11.7. The molecule has 19 heavy (non-hydrogen) atoms. The lowest BCUT2D eigenvalue weighted by molar-refractivity contribution is -0.384.